The van der Waals surface area contributed by atoms with Crippen molar-refractivity contribution in [1.82, 2.24) is 0 Å². The van der Waals surface area contributed by atoms with Gasteiger partial charge in [0, 0.05) is 12.8 Å². The second-order valence-corrected chi connectivity index (χ2v) is 23.3. The lowest BCUT2D eigenvalue weighted by Crippen LogP contribution is -2.28. The number of ether oxygens (including phenoxy) is 2. The van der Waals surface area contributed by atoms with Crippen LogP contribution in [0.2, 0.25) is 0 Å². The van der Waals surface area contributed by atoms with Gasteiger partial charge in [0.05, 0.1) is 6.61 Å². The SMILES string of the molecule is CCCCCCCCCCCCCCCCCCCCCCCCCCCCCCCCCCC(=O)OC(CO)COC(=O)CCCCCCCCCCCCCCCCCCCCCCCCCCCC. The molecule has 0 aromatic rings. The number of carbonyl (C=O) groups is 2. The quantitative estimate of drug-likeness (QED) is 0.0485. The van der Waals surface area contributed by atoms with Gasteiger partial charge in [0.1, 0.15) is 6.61 Å². The predicted molar refractivity (Wildman–Crippen MR) is 316 cm³/mol. The highest BCUT2D eigenvalue weighted by atomic mass is 16.6. The van der Waals surface area contributed by atoms with Crippen LogP contribution < -0.4 is 0 Å². The van der Waals surface area contributed by atoms with Crippen LogP contribution >= 0.6 is 0 Å². The molecule has 0 aliphatic heterocycles. The van der Waals surface area contributed by atoms with Crippen molar-refractivity contribution >= 4 is 11.9 Å². The standard InChI is InChI=1S/C67H132O5/c1-3-5-7-9-11-13-15-17-19-21-23-25-27-29-31-32-33-34-35-36-38-40-42-44-46-48-50-52-54-56-58-60-62-67(70)72-65(63-68)64-71-66(69)61-59-57-55-53-51-49-47-45-43-41-39-37-30-28-26-24-22-20-18-16-14-12-10-8-6-4-2/h65,68H,3-64H2,1-2H3. The van der Waals surface area contributed by atoms with Crippen molar-refractivity contribution in [2.75, 3.05) is 13.2 Å². The summed E-state index contributed by atoms with van der Waals surface area (Å²) in [5.41, 5.74) is 0. The van der Waals surface area contributed by atoms with Crippen molar-refractivity contribution in [2.24, 2.45) is 0 Å². The number of aliphatic hydroxyl groups excluding tert-OH is 1. The van der Waals surface area contributed by atoms with E-state index < -0.39 is 6.10 Å². The Morgan fingerprint density at radius 1 is 0.264 bits per heavy atom. The van der Waals surface area contributed by atoms with Crippen molar-refractivity contribution in [2.45, 2.75) is 405 Å². The van der Waals surface area contributed by atoms with E-state index in [2.05, 4.69) is 13.8 Å². The first-order valence-electron chi connectivity index (χ1n) is 33.6. The van der Waals surface area contributed by atoms with Gasteiger partial charge in [0.25, 0.3) is 0 Å². The summed E-state index contributed by atoms with van der Waals surface area (Å²) in [6, 6.07) is 0. The molecular formula is C67H132O5. The molecule has 0 heterocycles. The van der Waals surface area contributed by atoms with Crippen LogP contribution in [0.3, 0.4) is 0 Å². The average molecular weight is 1020 g/mol. The second kappa shape index (κ2) is 64.2. The van der Waals surface area contributed by atoms with Crippen molar-refractivity contribution in [3.8, 4) is 0 Å². The van der Waals surface area contributed by atoms with E-state index in [4.69, 9.17) is 9.47 Å². The third kappa shape index (κ3) is 61.4. The molecule has 0 spiro atoms. The summed E-state index contributed by atoms with van der Waals surface area (Å²) in [4.78, 5) is 24.6. The Bertz CT molecular complexity index is 1010. The molecule has 0 bridgehead atoms. The van der Waals surface area contributed by atoms with E-state index in [1.54, 1.807) is 0 Å². The largest absolute Gasteiger partial charge is 0.462 e. The van der Waals surface area contributed by atoms with Gasteiger partial charge in [-0.2, -0.15) is 0 Å². The molecule has 0 fully saturated rings. The monoisotopic (exact) mass is 1020 g/mol. The van der Waals surface area contributed by atoms with E-state index in [0.717, 1.165) is 32.1 Å². The molecule has 0 aromatic heterocycles. The topological polar surface area (TPSA) is 72.8 Å². The van der Waals surface area contributed by atoms with E-state index >= 15 is 0 Å². The zero-order valence-corrected chi connectivity index (χ0v) is 49.5. The van der Waals surface area contributed by atoms with E-state index in [1.165, 1.54) is 340 Å². The van der Waals surface area contributed by atoms with Crippen LogP contribution in [0.5, 0.6) is 0 Å². The Balaban J connectivity index is 3.36. The van der Waals surface area contributed by atoms with Gasteiger partial charge in [-0.15, -0.1) is 0 Å². The molecule has 5 nitrogen and oxygen atoms in total. The van der Waals surface area contributed by atoms with Gasteiger partial charge < -0.3 is 14.6 Å². The maximum Gasteiger partial charge on any atom is 0.306 e. The Kier molecular flexibility index (Phi) is 63.2. The molecule has 5 heteroatoms. The number of hydrogen-bond donors (Lipinski definition) is 1. The van der Waals surface area contributed by atoms with Gasteiger partial charge in [-0.1, -0.05) is 373 Å². The minimum Gasteiger partial charge on any atom is -0.462 e. The smallest absolute Gasteiger partial charge is 0.306 e. The fraction of sp³-hybridized carbons (Fsp3) is 0.970. The summed E-state index contributed by atoms with van der Waals surface area (Å²) in [6.07, 6.45) is 79.9. The maximum absolute atomic E-state index is 12.3. The molecule has 72 heavy (non-hydrogen) atoms. The fourth-order valence-electron chi connectivity index (χ4n) is 10.9. The molecule has 430 valence electrons. The predicted octanol–water partition coefficient (Wildman–Crippen LogP) is 22.9. The van der Waals surface area contributed by atoms with Crippen molar-refractivity contribution in [1.29, 1.82) is 0 Å². The van der Waals surface area contributed by atoms with Gasteiger partial charge in [-0.3, -0.25) is 9.59 Å². The van der Waals surface area contributed by atoms with Crippen molar-refractivity contribution < 1.29 is 24.2 Å². The Morgan fingerprint density at radius 2 is 0.431 bits per heavy atom. The lowest BCUT2D eigenvalue weighted by Gasteiger charge is -2.15. The van der Waals surface area contributed by atoms with Crippen LogP contribution in [0.4, 0.5) is 0 Å². The third-order valence-corrected chi connectivity index (χ3v) is 15.9. The first-order chi connectivity index (χ1) is 35.6. The summed E-state index contributed by atoms with van der Waals surface area (Å²) in [5.74, 6) is -0.559. The molecule has 1 unspecified atom stereocenters. The molecule has 0 aromatic carbocycles. The Labute approximate surface area is 452 Å². The number of unbranched alkanes of at least 4 members (excludes halogenated alkanes) is 56. The molecule has 0 radical (unpaired) electrons. The summed E-state index contributed by atoms with van der Waals surface area (Å²) in [7, 11) is 0. The van der Waals surface area contributed by atoms with E-state index in [9.17, 15) is 14.7 Å². The molecule has 0 saturated heterocycles. The highest BCUT2D eigenvalue weighted by molar-refractivity contribution is 5.70. The highest BCUT2D eigenvalue weighted by Crippen LogP contribution is 2.20. The lowest BCUT2D eigenvalue weighted by atomic mass is 10.0. The number of rotatable bonds is 64. The molecule has 0 amide bonds. The number of carbonyl (C=O) groups excluding carboxylic acids is 2. The average Bonchev–Trinajstić information content (AvgIpc) is 3.38. The molecule has 0 aliphatic carbocycles. The van der Waals surface area contributed by atoms with Gasteiger partial charge in [-0.25, -0.2) is 0 Å². The molecular weight excluding hydrogens is 885 g/mol. The lowest BCUT2D eigenvalue weighted by molar-refractivity contribution is -0.161. The second-order valence-electron chi connectivity index (χ2n) is 23.3. The number of hydrogen-bond acceptors (Lipinski definition) is 5. The van der Waals surface area contributed by atoms with Crippen molar-refractivity contribution in [3.63, 3.8) is 0 Å². The summed E-state index contributed by atoms with van der Waals surface area (Å²) in [6.45, 7) is 4.22. The summed E-state index contributed by atoms with van der Waals surface area (Å²) in [5, 5.41) is 9.69. The van der Waals surface area contributed by atoms with Crippen LogP contribution in [-0.2, 0) is 19.1 Å². The Hall–Kier alpha value is -1.10. The van der Waals surface area contributed by atoms with Gasteiger partial charge in [0.15, 0.2) is 6.10 Å². The van der Waals surface area contributed by atoms with Gasteiger partial charge >= 0.3 is 11.9 Å². The number of esters is 2. The molecule has 0 saturated carbocycles. The first-order valence-corrected chi connectivity index (χ1v) is 33.6. The zero-order chi connectivity index (χ0) is 52.0. The normalized spacial score (nSPS) is 12.0. The first kappa shape index (κ1) is 70.9. The molecule has 0 rings (SSSR count). The van der Waals surface area contributed by atoms with Gasteiger partial charge in [-0.05, 0) is 12.8 Å². The van der Waals surface area contributed by atoms with Crippen LogP contribution in [0.15, 0.2) is 0 Å². The fourth-order valence-corrected chi connectivity index (χ4v) is 10.9. The van der Waals surface area contributed by atoms with E-state index in [0.29, 0.717) is 12.8 Å². The van der Waals surface area contributed by atoms with E-state index in [-0.39, 0.29) is 25.2 Å². The molecule has 1 atom stereocenters. The summed E-state index contributed by atoms with van der Waals surface area (Å²) < 4.78 is 10.8. The third-order valence-electron chi connectivity index (χ3n) is 15.9. The van der Waals surface area contributed by atoms with Crippen LogP contribution in [0.25, 0.3) is 0 Å². The zero-order valence-electron chi connectivity index (χ0n) is 49.5. The minimum absolute atomic E-state index is 0.0554. The van der Waals surface area contributed by atoms with Crippen LogP contribution in [0, 0.1) is 0 Å². The molecule has 1 N–H and O–H groups in total. The summed E-state index contributed by atoms with van der Waals surface area (Å²) >= 11 is 0. The Morgan fingerprint density at radius 3 is 0.611 bits per heavy atom. The van der Waals surface area contributed by atoms with E-state index in [1.807, 2.05) is 0 Å². The van der Waals surface area contributed by atoms with Crippen LogP contribution in [0.1, 0.15) is 399 Å². The molecule has 0 aliphatic rings. The maximum atomic E-state index is 12.3. The highest BCUT2D eigenvalue weighted by Gasteiger charge is 2.16. The van der Waals surface area contributed by atoms with Gasteiger partial charge in [0.2, 0.25) is 0 Å². The van der Waals surface area contributed by atoms with Crippen molar-refractivity contribution in [3.05, 3.63) is 0 Å². The van der Waals surface area contributed by atoms with Crippen LogP contribution in [-0.4, -0.2) is 36.4 Å². The number of aliphatic hydroxyl groups is 1. The minimum atomic E-state index is -0.765.